The molecule has 0 radical (unpaired) electrons. The molecule has 2 heterocycles. The van der Waals surface area contributed by atoms with Crippen molar-refractivity contribution in [3.05, 3.63) is 69.6 Å². The summed E-state index contributed by atoms with van der Waals surface area (Å²) >= 11 is 3.33. The third-order valence-electron chi connectivity index (χ3n) is 3.37. The number of fused-ring (bicyclic) bond motifs is 1. The molecule has 1 unspecified atom stereocenters. The van der Waals surface area contributed by atoms with Gasteiger partial charge in [-0.3, -0.25) is 4.65 Å². The summed E-state index contributed by atoms with van der Waals surface area (Å²) < 4.78 is -0.251. The molecule has 1 aromatic carbocycles. The highest BCUT2D eigenvalue weighted by Crippen LogP contribution is 2.40. The molecule has 106 valence electrons. The van der Waals surface area contributed by atoms with Gasteiger partial charge in [-0.1, -0.05) is 22.0 Å². The van der Waals surface area contributed by atoms with E-state index in [2.05, 4.69) is 20.9 Å². The van der Waals surface area contributed by atoms with Crippen LogP contribution >= 0.6 is 15.9 Å². The fourth-order valence-electron chi connectivity index (χ4n) is 2.41. The zero-order valence-corrected chi connectivity index (χ0v) is 12.4. The van der Waals surface area contributed by atoms with Crippen LogP contribution in [0.5, 0.6) is 0 Å². The van der Waals surface area contributed by atoms with Gasteiger partial charge in [-0.05, 0) is 18.2 Å². The number of rotatable bonds is 2. The lowest BCUT2D eigenvalue weighted by atomic mass is 10.0. The molecule has 6 heteroatoms. The fourth-order valence-corrected chi connectivity index (χ4v) is 2.80. The van der Waals surface area contributed by atoms with E-state index in [1.165, 1.54) is 6.20 Å². The first-order valence-electron chi connectivity index (χ1n) is 6.26. The lowest BCUT2D eigenvalue weighted by molar-refractivity contribution is -0.132. The Labute approximate surface area is 129 Å². The number of aromatic nitrogens is 1. The van der Waals surface area contributed by atoms with E-state index in [9.17, 15) is 15.1 Å². The number of aliphatic carboxylic acids is 1. The second-order valence-electron chi connectivity index (χ2n) is 4.76. The SMILES string of the molecule is O=C(O)C1=C[N+]([O-])(c2cccc(Br)c2)c2ncccc2C1. The molecule has 0 bridgehead atoms. The van der Waals surface area contributed by atoms with E-state index in [1.807, 2.05) is 0 Å². The Morgan fingerprint density at radius 1 is 1.33 bits per heavy atom. The number of quaternary nitrogens is 1. The Morgan fingerprint density at radius 3 is 2.86 bits per heavy atom. The molecule has 5 nitrogen and oxygen atoms in total. The maximum Gasteiger partial charge on any atom is 0.337 e. The second-order valence-corrected chi connectivity index (χ2v) is 5.68. The highest BCUT2D eigenvalue weighted by molar-refractivity contribution is 9.10. The molecule has 1 aliphatic rings. The number of hydrogen-bond donors (Lipinski definition) is 1. The third-order valence-corrected chi connectivity index (χ3v) is 3.86. The predicted molar refractivity (Wildman–Crippen MR) is 82.6 cm³/mol. The van der Waals surface area contributed by atoms with Crippen LogP contribution in [0.1, 0.15) is 5.56 Å². The maximum atomic E-state index is 13.3. The average Bonchev–Trinajstić information content (AvgIpc) is 2.47. The number of hydrogen-bond acceptors (Lipinski definition) is 3. The Balaban J connectivity index is 2.25. The van der Waals surface area contributed by atoms with Gasteiger partial charge in [-0.25, -0.2) is 9.78 Å². The number of halogens is 1. The lowest BCUT2D eigenvalue weighted by Gasteiger charge is -2.40. The first kappa shape index (κ1) is 13.9. The monoisotopic (exact) mass is 346 g/mol. The molecule has 0 amide bonds. The Hall–Kier alpha value is -2.02. The van der Waals surface area contributed by atoms with Crippen molar-refractivity contribution in [2.75, 3.05) is 0 Å². The quantitative estimate of drug-likeness (QED) is 0.667. The Bertz CT molecular complexity index is 760. The van der Waals surface area contributed by atoms with Crippen LogP contribution in [-0.2, 0) is 11.2 Å². The van der Waals surface area contributed by atoms with E-state index < -0.39 is 10.6 Å². The van der Waals surface area contributed by atoms with Gasteiger partial charge in [0, 0.05) is 34.8 Å². The minimum atomic E-state index is -1.09. The Kier molecular flexibility index (Phi) is 3.36. The summed E-state index contributed by atoms with van der Waals surface area (Å²) in [5.74, 6) is -0.779. The fraction of sp³-hybridized carbons (Fsp3) is 0.0667. The van der Waals surface area contributed by atoms with E-state index in [4.69, 9.17) is 0 Å². The van der Waals surface area contributed by atoms with E-state index in [1.54, 1.807) is 42.6 Å². The first-order chi connectivity index (χ1) is 10.0. The highest BCUT2D eigenvalue weighted by Gasteiger charge is 2.34. The standard InChI is InChI=1S/C15H11BrN2O3/c16-12-4-1-5-13(8-12)18(21)9-11(15(19)20)7-10-3-2-6-17-14(10)18/h1-6,8-9H,7H2,(H,19,20). The van der Waals surface area contributed by atoms with Crippen molar-refractivity contribution in [3.63, 3.8) is 0 Å². The largest absolute Gasteiger partial charge is 0.616 e. The van der Waals surface area contributed by atoms with Crippen LogP contribution in [0.25, 0.3) is 0 Å². The van der Waals surface area contributed by atoms with Crippen LogP contribution < -0.4 is 4.65 Å². The van der Waals surface area contributed by atoms with Crippen LogP contribution in [0.4, 0.5) is 11.5 Å². The topological polar surface area (TPSA) is 73.2 Å². The number of carboxylic acid groups (broad SMARTS) is 1. The van der Waals surface area contributed by atoms with Crippen molar-refractivity contribution in [2.24, 2.45) is 0 Å². The van der Waals surface area contributed by atoms with Crippen molar-refractivity contribution < 1.29 is 9.90 Å². The van der Waals surface area contributed by atoms with Crippen LogP contribution in [0.15, 0.2) is 58.8 Å². The van der Waals surface area contributed by atoms with Gasteiger partial charge in [-0.2, -0.15) is 0 Å². The van der Waals surface area contributed by atoms with Gasteiger partial charge in [0.15, 0.2) is 0 Å². The summed E-state index contributed by atoms with van der Waals surface area (Å²) in [5.41, 5.74) is 1.11. The van der Waals surface area contributed by atoms with Gasteiger partial charge >= 0.3 is 5.97 Å². The molecule has 0 aliphatic carbocycles. The molecule has 0 fully saturated rings. The minimum Gasteiger partial charge on any atom is -0.616 e. The van der Waals surface area contributed by atoms with Gasteiger partial charge in [0.2, 0.25) is 5.82 Å². The van der Waals surface area contributed by atoms with Crippen molar-refractivity contribution >= 4 is 33.4 Å². The van der Waals surface area contributed by atoms with Crippen molar-refractivity contribution in [3.8, 4) is 0 Å². The zero-order valence-electron chi connectivity index (χ0n) is 10.9. The summed E-state index contributed by atoms with van der Waals surface area (Å²) in [6.45, 7) is 0. The van der Waals surface area contributed by atoms with Gasteiger partial charge in [0.25, 0.3) is 0 Å². The smallest absolute Gasteiger partial charge is 0.337 e. The predicted octanol–water partition coefficient (Wildman–Crippen LogP) is 3.51. The van der Waals surface area contributed by atoms with Crippen LogP contribution in [-0.4, -0.2) is 16.1 Å². The molecule has 0 spiro atoms. The van der Waals surface area contributed by atoms with Crippen LogP contribution in [0, 0.1) is 5.21 Å². The van der Waals surface area contributed by atoms with E-state index in [0.29, 0.717) is 17.1 Å². The summed E-state index contributed by atoms with van der Waals surface area (Å²) in [7, 11) is 0. The molecule has 0 saturated carbocycles. The van der Waals surface area contributed by atoms with E-state index in [0.717, 1.165) is 4.47 Å². The van der Waals surface area contributed by atoms with Crippen LogP contribution in [0.3, 0.4) is 0 Å². The summed E-state index contributed by atoms with van der Waals surface area (Å²) in [6.07, 6.45) is 2.95. The number of carboxylic acids is 1. The number of hydroxylamine groups is 1. The molecule has 21 heavy (non-hydrogen) atoms. The normalized spacial score (nSPS) is 20.6. The second kappa shape index (κ2) is 5.07. The molecule has 0 saturated heterocycles. The van der Waals surface area contributed by atoms with Crippen molar-refractivity contribution in [1.29, 1.82) is 0 Å². The van der Waals surface area contributed by atoms with Crippen LogP contribution in [0.2, 0.25) is 0 Å². The minimum absolute atomic E-state index is 0.0745. The molecule has 1 N–H and O–H groups in total. The molecule has 3 rings (SSSR count). The number of benzene rings is 1. The summed E-state index contributed by atoms with van der Waals surface area (Å²) in [5, 5.41) is 22.6. The lowest BCUT2D eigenvalue weighted by Crippen LogP contribution is -2.37. The molecule has 1 aromatic heterocycles. The Morgan fingerprint density at radius 2 is 2.14 bits per heavy atom. The number of pyridine rings is 1. The zero-order chi connectivity index (χ0) is 15.0. The molecule has 1 atom stereocenters. The summed E-state index contributed by atoms with van der Waals surface area (Å²) in [4.78, 5) is 15.5. The van der Waals surface area contributed by atoms with Gasteiger partial charge in [0.1, 0.15) is 11.9 Å². The molecule has 2 aromatic rings. The number of nitrogens with zero attached hydrogens (tertiary/aromatic N) is 2. The maximum absolute atomic E-state index is 13.3. The average molecular weight is 347 g/mol. The molecular weight excluding hydrogens is 336 g/mol. The third kappa shape index (κ3) is 2.37. The van der Waals surface area contributed by atoms with Gasteiger partial charge in [-0.15, -0.1) is 0 Å². The van der Waals surface area contributed by atoms with Gasteiger partial charge < -0.3 is 10.3 Å². The first-order valence-corrected chi connectivity index (χ1v) is 7.05. The number of carbonyl (C=O) groups is 1. The van der Waals surface area contributed by atoms with Gasteiger partial charge in [0.05, 0.1) is 5.57 Å². The summed E-state index contributed by atoms with van der Waals surface area (Å²) in [6, 6.07) is 10.3. The van der Waals surface area contributed by atoms with E-state index in [-0.39, 0.29) is 12.0 Å². The highest BCUT2D eigenvalue weighted by atomic mass is 79.9. The van der Waals surface area contributed by atoms with Crippen molar-refractivity contribution in [1.82, 2.24) is 9.63 Å². The molecular formula is C15H11BrN2O3. The molecule has 1 aliphatic heterocycles. The van der Waals surface area contributed by atoms with E-state index >= 15 is 0 Å². The van der Waals surface area contributed by atoms with Crippen molar-refractivity contribution in [2.45, 2.75) is 6.42 Å².